The first-order valence-electron chi connectivity index (χ1n) is 6.81. The lowest BCUT2D eigenvalue weighted by Gasteiger charge is -2.30. The van der Waals surface area contributed by atoms with Crippen LogP contribution < -0.4 is 4.74 Å². The highest BCUT2D eigenvalue weighted by atomic mass is 16.5. The van der Waals surface area contributed by atoms with Gasteiger partial charge in [0.25, 0.3) is 0 Å². The molecule has 1 aliphatic carbocycles. The Hall–Kier alpha value is -1.65. The molecule has 5 nitrogen and oxygen atoms in total. The molecule has 0 spiro atoms. The third-order valence-corrected chi connectivity index (χ3v) is 3.66. The highest BCUT2D eigenvalue weighted by Crippen LogP contribution is 2.29. The summed E-state index contributed by atoms with van der Waals surface area (Å²) in [5.41, 5.74) is 0.200. The zero-order chi connectivity index (χ0) is 13.7. The first kappa shape index (κ1) is 13.8. The molecule has 5 heteroatoms. The quantitative estimate of drug-likeness (QED) is 0.782. The molecule has 1 aromatic rings. The summed E-state index contributed by atoms with van der Waals surface area (Å²) in [4.78, 5) is 19.4. The summed E-state index contributed by atoms with van der Waals surface area (Å²) in [7, 11) is 1.32. The highest BCUT2D eigenvalue weighted by molar-refractivity contribution is 5.86. The van der Waals surface area contributed by atoms with Gasteiger partial charge < -0.3 is 9.47 Å². The third-order valence-electron chi connectivity index (χ3n) is 3.66. The molecule has 1 aliphatic rings. The van der Waals surface area contributed by atoms with E-state index in [0.29, 0.717) is 11.8 Å². The first-order chi connectivity index (χ1) is 9.24. The summed E-state index contributed by atoms with van der Waals surface area (Å²) in [5, 5.41) is 0. The fraction of sp³-hybridized carbons (Fsp3) is 0.643. The molecule has 19 heavy (non-hydrogen) atoms. The standard InChI is InChI=1S/C14H20N2O3/c1-3-10-6-4-5-7-12(10)19-13-9-15-11(8-16-13)14(17)18-2/h8-10,12H,3-7H2,1-2H3. The lowest BCUT2D eigenvalue weighted by atomic mass is 9.85. The van der Waals surface area contributed by atoms with Crippen LogP contribution in [0.2, 0.25) is 0 Å². The van der Waals surface area contributed by atoms with Gasteiger partial charge in [-0.15, -0.1) is 0 Å². The summed E-state index contributed by atoms with van der Waals surface area (Å²) in [6.45, 7) is 2.19. The molecule has 0 N–H and O–H groups in total. The minimum absolute atomic E-state index is 0.200. The zero-order valence-corrected chi connectivity index (χ0v) is 11.5. The number of ether oxygens (including phenoxy) is 2. The normalized spacial score (nSPS) is 22.8. The molecule has 2 atom stereocenters. The Morgan fingerprint density at radius 3 is 2.74 bits per heavy atom. The van der Waals surface area contributed by atoms with Crippen molar-refractivity contribution in [2.24, 2.45) is 5.92 Å². The monoisotopic (exact) mass is 264 g/mol. The Bertz CT molecular complexity index is 419. The molecule has 1 aromatic heterocycles. The average Bonchev–Trinajstić information content (AvgIpc) is 2.48. The van der Waals surface area contributed by atoms with E-state index < -0.39 is 5.97 Å². The van der Waals surface area contributed by atoms with Crippen molar-refractivity contribution in [1.29, 1.82) is 0 Å². The van der Waals surface area contributed by atoms with Crippen LogP contribution in [0.1, 0.15) is 49.5 Å². The predicted octanol–water partition coefficient (Wildman–Crippen LogP) is 2.61. The Kier molecular flexibility index (Phi) is 4.71. The van der Waals surface area contributed by atoms with Crippen molar-refractivity contribution < 1.29 is 14.3 Å². The van der Waals surface area contributed by atoms with Crippen molar-refractivity contribution in [2.45, 2.75) is 45.1 Å². The molecular formula is C14H20N2O3. The van der Waals surface area contributed by atoms with Crippen LogP contribution in [-0.4, -0.2) is 29.2 Å². The number of carbonyl (C=O) groups excluding carboxylic acids is 1. The van der Waals surface area contributed by atoms with E-state index in [1.54, 1.807) is 0 Å². The molecule has 1 fully saturated rings. The van der Waals surface area contributed by atoms with Crippen LogP contribution in [0.3, 0.4) is 0 Å². The maximum absolute atomic E-state index is 11.2. The van der Waals surface area contributed by atoms with Crippen LogP contribution in [0.25, 0.3) is 0 Å². The molecule has 0 aromatic carbocycles. The van der Waals surface area contributed by atoms with Gasteiger partial charge in [0.15, 0.2) is 5.69 Å². The van der Waals surface area contributed by atoms with E-state index in [0.717, 1.165) is 12.8 Å². The maximum atomic E-state index is 11.2. The minimum Gasteiger partial charge on any atom is -0.473 e. The topological polar surface area (TPSA) is 61.3 Å². The molecule has 104 valence electrons. The second kappa shape index (κ2) is 6.50. The molecular weight excluding hydrogens is 244 g/mol. The summed E-state index contributed by atoms with van der Waals surface area (Å²) in [5.74, 6) is 0.594. The zero-order valence-electron chi connectivity index (χ0n) is 11.5. The number of nitrogens with zero attached hydrogens (tertiary/aromatic N) is 2. The van der Waals surface area contributed by atoms with E-state index in [9.17, 15) is 4.79 Å². The molecule has 2 rings (SSSR count). The Labute approximate surface area is 113 Å². The number of hydrogen-bond donors (Lipinski definition) is 0. The Morgan fingerprint density at radius 2 is 2.11 bits per heavy atom. The van der Waals surface area contributed by atoms with Crippen molar-refractivity contribution in [1.82, 2.24) is 9.97 Å². The van der Waals surface area contributed by atoms with Gasteiger partial charge in [0.1, 0.15) is 6.10 Å². The molecule has 0 saturated heterocycles. The third kappa shape index (κ3) is 3.43. The Balaban J connectivity index is 2.00. The number of hydrogen-bond acceptors (Lipinski definition) is 5. The molecule has 2 unspecified atom stereocenters. The van der Waals surface area contributed by atoms with Gasteiger partial charge in [0.05, 0.1) is 19.5 Å². The molecule has 1 saturated carbocycles. The molecule has 0 radical (unpaired) electrons. The first-order valence-corrected chi connectivity index (χ1v) is 6.81. The predicted molar refractivity (Wildman–Crippen MR) is 70.0 cm³/mol. The lowest BCUT2D eigenvalue weighted by molar-refractivity contribution is 0.0592. The van der Waals surface area contributed by atoms with E-state index >= 15 is 0 Å². The van der Waals surface area contributed by atoms with E-state index in [1.165, 1.54) is 38.8 Å². The minimum atomic E-state index is -0.483. The number of esters is 1. The number of rotatable bonds is 4. The largest absolute Gasteiger partial charge is 0.473 e. The number of methoxy groups -OCH3 is 1. The summed E-state index contributed by atoms with van der Waals surface area (Å²) >= 11 is 0. The van der Waals surface area contributed by atoms with Gasteiger partial charge in [-0.25, -0.2) is 14.8 Å². The molecule has 1 heterocycles. The van der Waals surface area contributed by atoms with Crippen molar-refractivity contribution in [3.8, 4) is 5.88 Å². The van der Waals surface area contributed by atoms with Crippen LogP contribution in [0.15, 0.2) is 12.4 Å². The van der Waals surface area contributed by atoms with Crippen molar-refractivity contribution in [3.05, 3.63) is 18.1 Å². The number of aromatic nitrogens is 2. The van der Waals surface area contributed by atoms with Gasteiger partial charge in [0, 0.05) is 0 Å². The molecule has 0 aliphatic heterocycles. The maximum Gasteiger partial charge on any atom is 0.358 e. The fourth-order valence-corrected chi connectivity index (χ4v) is 2.54. The highest BCUT2D eigenvalue weighted by Gasteiger charge is 2.25. The van der Waals surface area contributed by atoms with Gasteiger partial charge in [0.2, 0.25) is 5.88 Å². The van der Waals surface area contributed by atoms with Gasteiger partial charge in [-0.3, -0.25) is 0 Å². The van der Waals surface area contributed by atoms with Gasteiger partial charge in [-0.05, 0) is 31.6 Å². The second-order valence-corrected chi connectivity index (χ2v) is 4.84. The van der Waals surface area contributed by atoms with E-state index in [4.69, 9.17) is 4.74 Å². The lowest BCUT2D eigenvalue weighted by Crippen LogP contribution is -2.30. The fourth-order valence-electron chi connectivity index (χ4n) is 2.54. The SMILES string of the molecule is CCC1CCCCC1Oc1cnc(C(=O)OC)cn1. The van der Waals surface area contributed by atoms with Crippen molar-refractivity contribution >= 4 is 5.97 Å². The van der Waals surface area contributed by atoms with Crippen LogP contribution >= 0.6 is 0 Å². The van der Waals surface area contributed by atoms with E-state index in [1.807, 2.05) is 0 Å². The Morgan fingerprint density at radius 1 is 1.32 bits per heavy atom. The summed E-state index contributed by atoms with van der Waals surface area (Å²) in [6.07, 6.45) is 9.00. The molecule has 0 bridgehead atoms. The van der Waals surface area contributed by atoms with Crippen LogP contribution in [0, 0.1) is 5.92 Å². The molecule has 0 amide bonds. The van der Waals surface area contributed by atoms with Crippen LogP contribution in [-0.2, 0) is 4.74 Å². The van der Waals surface area contributed by atoms with Crippen molar-refractivity contribution in [2.75, 3.05) is 7.11 Å². The van der Waals surface area contributed by atoms with Gasteiger partial charge in [-0.2, -0.15) is 0 Å². The average molecular weight is 264 g/mol. The summed E-state index contributed by atoms with van der Waals surface area (Å²) < 4.78 is 10.5. The van der Waals surface area contributed by atoms with E-state index in [2.05, 4.69) is 21.6 Å². The van der Waals surface area contributed by atoms with Gasteiger partial charge >= 0.3 is 5.97 Å². The van der Waals surface area contributed by atoms with Crippen molar-refractivity contribution in [3.63, 3.8) is 0 Å². The summed E-state index contributed by atoms with van der Waals surface area (Å²) in [6, 6.07) is 0. The van der Waals surface area contributed by atoms with E-state index in [-0.39, 0.29) is 11.8 Å². The number of carbonyl (C=O) groups is 1. The second-order valence-electron chi connectivity index (χ2n) is 4.84. The van der Waals surface area contributed by atoms with Crippen LogP contribution in [0.4, 0.5) is 0 Å². The van der Waals surface area contributed by atoms with Gasteiger partial charge in [-0.1, -0.05) is 13.3 Å². The smallest absolute Gasteiger partial charge is 0.358 e. The van der Waals surface area contributed by atoms with Crippen LogP contribution in [0.5, 0.6) is 5.88 Å².